The Labute approximate surface area is 488 Å². The highest BCUT2D eigenvalue weighted by atomic mass is 19.2. The molecule has 0 fully saturated rings. The maximum atomic E-state index is 14.0. The van der Waals surface area contributed by atoms with Crippen LogP contribution >= 0.6 is 0 Å². The number of aliphatic hydroxyl groups is 1. The maximum Gasteiger partial charge on any atom is 0.300 e. The quantitative estimate of drug-likeness (QED) is 0.0826. The second-order valence-electron chi connectivity index (χ2n) is 21.3. The summed E-state index contributed by atoms with van der Waals surface area (Å²) in [4.78, 5) is 38.0. The van der Waals surface area contributed by atoms with Crippen molar-refractivity contribution in [1.29, 1.82) is 0 Å². The van der Waals surface area contributed by atoms with E-state index in [2.05, 4.69) is 19.9 Å². The van der Waals surface area contributed by atoms with E-state index >= 15 is 0 Å². The number of fused-ring (bicyclic) bond motifs is 4. The first-order valence-electron chi connectivity index (χ1n) is 27.8. The van der Waals surface area contributed by atoms with Gasteiger partial charge in [0.25, 0.3) is 5.97 Å². The molecule has 0 aliphatic heterocycles. The van der Waals surface area contributed by atoms with Gasteiger partial charge >= 0.3 is 0 Å². The molecule has 0 saturated heterocycles. The number of rotatable bonds is 4. The molecule has 0 bridgehead atoms. The van der Waals surface area contributed by atoms with E-state index in [0.29, 0.717) is 85.0 Å². The van der Waals surface area contributed by atoms with Crippen molar-refractivity contribution in [3.8, 4) is 0 Å². The van der Waals surface area contributed by atoms with Crippen LogP contribution in [0, 0.1) is 46.5 Å². The molecule has 11 nitrogen and oxygen atoms in total. The zero-order chi connectivity index (χ0) is 60.0. The molecule has 4 heterocycles. The van der Waals surface area contributed by atoms with Crippen molar-refractivity contribution in [3.05, 3.63) is 260 Å². The third-order valence-electron chi connectivity index (χ3n) is 15.7. The number of carboxylic acid groups (broad SMARTS) is 1. The summed E-state index contributed by atoms with van der Waals surface area (Å²) in [5, 5.41) is 17.5. The van der Waals surface area contributed by atoms with Gasteiger partial charge in [-0.3, -0.25) is 29.5 Å². The number of nitrogens with zero attached hydrogens (tertiary/aromatic N) is 4. The van der Waals surface area contributed by atoms with Crippen molar-refractivity contribution in [2.24, 2.45) is 11.5 Å². The van der Waals surface area contributed by atoms with Gasteiger partial charge in [-0.1, -0.05) is 72.8 Å². The monoisotopic (exact) mass is 1170 g/mol. The molecule has 9 N–H and O–H groups in total. The van der Waals surface area contributed by atoms with E-state index in [1.807, 2.05) is 36.4 Å². The number of carboxylic acids is 1. The van der Waals surface area contributed by atoms with Crippen LogP contribution in [0.1, 0.15) is 172 Å². The van der Waals surface area contributed by atoms with Crippen molar-refractivity contribution < 1.29 is 54.9 Å². The van der Waals surface area contributed by atoms with Gasteiger partial charge in [0.15, 0.2) is 52.3 Å². The van der Waals surface area contributed by atoms with E-state index in [9.17, 15) is 45.0 Å². The van der Waals surface area contributed by atoms with Gasteiger partial charge in [0.05, 0.1) is 23.2 Å². The molecule has 7 atom stereocenters. The first-order chi connectivity index (χ1) is 40.4. The Hall–Kier alpha value is -8.10. The third-order valence-corrected chi connectivity index (χ3v) is 15.7. The number of aliphatic hydroxyl groups excluding tert-OH is 1. The number of hydrogen-bond acceptors (Lipinski definition) is 10. The predicted molar refractivity (Wildman–Crippen MR) is 307 cm³/mol. The number of halogens is 8. The zero-order valence-electron chi connectivity index (χ0n) is 46.8. The summed E-state index contributed by atoms with van der Waals surface area (Å²) >= 11 is 0. The molecule has 0 spiro atoms. The maximum absolute atomic E-state index is 14.0. The summed E-state index contributed by atoms with van der Waals surface area (Å²) < 4.78 is 109. The summed E-state index contributed by atoms with van der Waals surface area (Å²) in [6.45, 7) is 1.08. The van der Waals surface area contributed by atoms with Crippen LogP contribution in [0.25, 0.3) is 0 Å². The van der Waals surface area contributed by atoms with Crippen molar-refractivity contribution in [2.75, 3.05) is 0 Å². The number of benzene rings is 4. The largest absolute Gasteiger partial charge is 0.481 e. The van der Waals surface area contributed by atoms with E-state index in [0.717, 1.165) is 90.5 Å². The Morgan fingerprint density at radius 1 is 0.435 bits per heavy atom. The molecule has 8 aromatic rings. The molecule has 0 unspecified atom stereocenters. The summed E-state index contributed by atoms with van der Waals surface area (Å²) in [5.74, 6) is -7.60. The minimum Gasteiger partial charge on any atom is -0.481 e. The van der Waals surface area contributed by atoms with Crippen molar-refractivity contribution in [2.45, 2.75) is 126 Å². The summed E-state index contributed by atoms with van der Waals surface area (Å²) in [6, 6.07) is 31.9. The third kappa shape index (κ3) is 16.2. The fourth-order valence-corrected chi connectivity index (χ4v) is 11.5. The van der Waals surface area contributed by atoms with Gasteiger partial charge < -0.3 is 27.8 Å². The smallest absolute Gasteiger partial charge is 0.300 e. The zero-order valence-corrected chi connectivity index (χ0v) is 46.8. The fourth-order valence-electron chi connectivity index (χ4n) is 11.5. The lowest BCUT2D eigenvalue weighted by Crippen LogP contribution is -2.12. The first kappa shape index (κ1) is 64.5. The van der Waals surface area contributed by atoms with Crippen LogP contribution in [0.2, 0.25) is 0 Å². The van der Waals surface area contributed by atoms with Gasteiger partial charge in [-0.05, 0) is 187 Å². The predicted octanol–water partition coefficient (Wildman–Crippen LogP) is 14.4. The Morgan fingerprint density at radius 2 is 0.741 bits per heavy atom. The SMILES string of the molecule is CC(=O)O.N.N[C@@H]1CC[C@@H](c2cccc(F)c2F)Cc2cccnc21.N[C@H]1CC[C@@H](c2cccc(F)c2F)Cc2cccnc21.O=C1CC[C@@H](c2cccc(F)c2F)Cc2cccnc21.O[C@@H]1CC[C@@H](c2cccc(F)c2F)Cc2cccnc21. The number of nitrogens with two attached hydrogens (primary N) is 2. The van der Waals surface area contributed by atoms with Crippen LogP contribution in [0.5, 0.6) is 0 Å². The molecule has 0 radical (unpaired) electrons. The van der Waals surface area contributed by atoms with Crippen molar-refractivity contribution in [1.82, 2.24) is 26.1 Å². The van der Waals surface area contributed by atoms with E-state index in [1.54, 1.807) is 73.3 Å². The summed E-state index contributed by atoms with van der Waals surface area (Å²) in [7, 11) is 0. The molecule has 0 amide bonds. The number of pyridine rings is 4. The lowest BCUT2D eigenvalue weighted by Gasteiger charge is -2.16. The Kier molecular flexibility index (Phi) is 22.8. The lowest BCUT2D eigenvalue weighted by atomic mass is 9.90. The molecule has 4 aromatic carbocycles. The molecular weight excluding hydrogens is 1110 g/mol. The minimum atomic E-state index is -0.843. The highest BCUT2D eigenvalue weighted by Gasteiger charge is 2.30. The van der Waals surface area contributed by atoms with Gasteiger partial charge in [-0.25, -0.2) is 35.1 Å². The Balaban J connectivity index is 0.000000158. The molecule has 446 valence electrons. The van der Waals surface area contributed by atoms with E-state index in [1.165, 1.54) is 12.1 Å². The number of Topliss-reactive ketones (excluding diaryl/α,β-unsaturated/α-hetero) is 1. The summed E-state index contributed by atoms with van der Waals surface area (Å²) in [6.07, 6.45) is 13.3. The van der Waals surface area contributed by atoms with Gasteiger partial charge in [-0.2, -0.15) is 0 Å². The Bertz CT molecular complexity index is 3310. The van der Waals surface area contributed by atoms with Crippen LogP contribution in [-0.2, 0) is 30.5 Å². The van der Waals surface area contributed by atoms with Crippen LogP contribution in [0.4, 0.5) is 35.1 Å². The van der Waals surface area contributed by atoms with Gasteiger partial charge in [0, 0.05) is 50.2 Å². The molecule has 0 saturated carbocycles. The highest BCUT2D eigenvalue weighted by Crippen LogP contribution is 2.40. The van der Waals surface area contributed by atoms with Gasteiger partial charge in [-0.15, -0.1) is 0 Å². The topological polar surface area (TPSA) is 213 Å². The van der Waals surface area contributed by atoms with Crippen LogP contribution < -0.4 is 17.6 Å². The molecule has 4 aromatic heterocycles. The standard InChI is InChI=1S/2C16H16F2N2.C16H15F2NO.C16H13F2NO.C2H4O2.H3N/c2*17-13-5-1-4-12(15(13)18)10-6-7-14(19)16-11(9-10)3-2-8-20-16;2*17-13-5-1-4-12(15(13)18)10-6-7-14(20)16-11(9-10)3-2-8-19-16;1-2(3)4;/h2*1-5,8,10,14H,6-7,9,19H2;1-5,8,10,14,20H,6-7,9H2;1-5,8,10H,6-7,9H2;1H3,(H,3,4);1H3/t10-,14+;2*10-,14-;10-;;/m1111../s1. The number of aliphatic carboxylic acids is 1. The van der Waals surface area contributed by atoms with Crippen molar-refractivity contribution in [3.63, 3.8) is 0 Å². The molecule has 4 aliphatic rings. The number of carbonyl (C=O) groups excluding carboxylic acids is 1. The van der Waals surface area contributed by atoms with E-state index < -0.39 is 58.6 Å². The lowest BCUT2D eigenvalue weighted by molar-refractivity contribution is -0.134. The van der Waals surface area contributed by atoms with E-state index in [4.69, 9.17) is 21.4 Å². The minimum absolute atomic E-state index is 0. The highest BCUT2D eigenvalue weighted by molar-refractivity contribution is 5.96. The molecule has 12 rings (SSSR count). The fraction of sp³-hybridized carbons (Fsp3) is 0.303. The number of carbonyl (C=O) groups is 2. The van der Waals surface area contributed by atoms with E-state index in [-0.39, 0.29) is 47.7 Å². The normalized spacial score (nSPS) is 20.3. The Morgan fingerprint density at radius 3 is 1.13 bits per heavy atom. The summed E-state index contributed by atoms with van der Waals surface area (Å²) in [5.41, 5.74) is 20.5. The second-order valence-corrected chi connectivity index (χ2v) is 21.3. The van der Waals surface area contributed by atoms with Gasteiger partial charge in [0.1, 0.15) is 5.69 Å². The second kappa shape index (κ2) is 30.1. The molecule has 19 heteroatoms. The number of aromatic nitrogens is 4. The van der Waals surface area contributed by atoms with Crippen LogP contribution in [-0.4, -0.2) is 41.9 Å². The van der Waals surface area contributed by atoms with Crippen molar-refractivity contribution >= 4 is 11.8 Å². The average Bonchev–Trinajstić information content (AvgIpc) is 3.83. The van der Waals surface area contributed by atoms with Crippen LogP contribution in [0.3, 0.4) is 0 Å². The number of ketones is 1. The number of hydrogen-bond donors (Lipinski definition) is 5. The molecule has 4 aliphatic carbocycles. The molecular formula is C66H67F8N7O4. The molecule has 85 heavy (non-hydrogen) atoms. The average molecular weight is 1170 g/mol. The first-order valence-corrected chi connectivity index (χ1v) is 27.8. The van der Waals surface area contributed by atoms with Gasteiger partial charge in [0.2, 0.25) is 0 Å². The van der Waals surface area contributed by atoms with Crippen LogP contribution in [0.15, 0.2) is 146 Å².